The fourth-order valence-corrected chi connectivity index (χ4v) is 1.22. The Kier molecular flexibility index (Phi) is 6.74. The zero-order valence-corrected chi connectivity index (χ0v) is 11.1. The van der Waals surface area contributed by atoms with E-state index < -0.39 is 24.4 Å². The Morgan fingerprint density at radius 3 is 2.85 bits per heavy atom. The Hall–Kier alpha value is -2.44. The second kappa shape index (κ2) is 8.63. The van der Waals surface area contributed by atoms with Crippen LogP contribution in [0.25, 0.3) is 0 Å². The van der Waals surface area contributed by atoms with Crippen molar-refractivity contribution in [1.82, 2.24) is 10.6 Å². The molecule has 1 aromatic rings. The topological polar surface area (TPSA) is 79.8 Å². The summed E-state index contributed by atoms with van der Waals surface area (Å²) in [5, 5.41) is 7.99. The first-order valence-electron chi connectivity index (χ1n) is 6.11. The highest BCUT2D eigenvalue weighted by molar-refractivity contribution is 5.94. The fourth-order valence-electron chi connectivity index (χ4n) is 1.22. The molecule has 3 amide bonds. The maximum Gasteiger partial charge on any atom is 0.321 e. The van der Waals surface area contributed by atoms with Crippen LogP contribution in [0.2, 0.25) is 0 Å². The molecule has 0 bridgehead atoms. The van der Waals surface area contributed by atoms with Crippen LogP contribution in [-0.4, -0.2) is 31.3 Å². The predicted octanol–water partition coefficient (Wildman–Crippen LogP) is 1.41. The number of carbonyl (C=O) groups excluding carboxylic acids is 2. The summed E-state index contributed by atoms with van der Waals surface area (Å²) in [4.78, 5) is 27.0. The van der Waals surface area contributed by atoms with Crippen molar-refractivity contribution in [2.24, 2.45) is 5.16 Å². The summed E-state index contributed by atoms with van der Waals surface area (Å²) in [5.41, 5.74) is 0.244. The molecule has 1 aromatic carbocycles. The molecular formula is C13H16FN3O3. The lowest BCUT2D eigenvalue weighted by Crippen LogP contribution is -2.41. The Labute approximate surface area is 116 Å². The van der Waals surface area contributed by atoms with E-state index in [0.717, 1.165) is 12.6 Å². The van der Waals surface area contributed by atoms with Crippen LogP contribution < -0.4 is 10.6 Å². The van der Waals surface area contributed by atoms with Gasteiger partial charge in [0.05, 0.1) is 6.21 Å². The quantitative estimate of drug-likeness (QED) is 0.611. The zero-order chi connectivity index (χ0) is 14.8. The molecule has 6 nitrogen and oxygen atoms in total. The molecule has 0 radical (unpaired) electrons. The minimum atomic E-state index is -0.635. The van der Waals surface area contributed by atoms with Gasteiger partial charge in [0.2, 0.25) is 0 Å². The number of nitrogens with zero attached hydrogens (tertiary/aromatic N) is 1. The van der Waals surface area contributed by atoms with Crippen molar-refractivity contribution in [3.8, 4) is 0 Å². The lowest BCUT2D eigenvalue weighted by Gasteiger charge is -2.04. The molecule has 0 unspecified atom stereocenters. The first kappa shape index (κ1) is 15.6. The van der Waals surface area contributed by atoms with Gasteiger partial charge in [0.25, 0.3) is 5.91 Å². The van der Waals surface area contributed by atoms with Gasteiger partial charge in [-0.25, -0.2) is 9.18 Å². The Morgan fingerprint density at radius 2 is 2.15 bits per heavy atom. The van der Waals surface area contributed by atoms with Gasteiger partial charge in [-0.15, -0.1) is 0 Å². The summed E-state index contributed by atoms with van der Waals surface area (Å²) in [6.45, 7) is 1.94. The molecule has 20 heavy (non-hydrogen) atoms. The van der Waals surface area contributed by atoms with Crippen molar-refractivity contribution >= 4 is 18.2 Å². The van der Waals surface area contributed by atoms with Crippen LogP contribution in [0.5, 0.6) is 0 Å². The van der Waals surface area contributed by atoms with E-state index in [1.165, 1.54) is 12.1 Å². The molecule has 108 valence electrons. The molecule has 0 saturated heterocycles. The molecule has 0 aromatic heterocycles. The second-order valence-corrected chi connectivity index (χ2v) is 3.83. The smallest absolute Gasteiger partial charge is 0.321 e. The molecule has 7 heteroatoms. The summed E-state index contributed by atoms with van der Waals surface area (Å²) >= 11 is 0. The van der Waals surface area contributed by atoms with Gasteiger partial charge >= 0.3 is 6.03 Å². The van der Waals surface area contributed by atoms with E-state index in [4.69, 9.17) is 0 Å². The van der Waals surface area contributed by atoms with Gasteiger partial charge in [0.1, 0.15) is 5.82 Å². The van der Waals surface area contributed by atoms with E-state index in [2.05, 4.69) is 20.6 Å². The molecule has 2 N–H and O–H groups in total. The summed E-state index contributed by atoms with van der Waals surface area (Å²) in [7, 11) is 0. The molecule has 0 aliphatic rings. The van der Waals surface area contributed by atoms with Gasteiger partial charge in [-0.2, -0.15) is 0 Å². The zero-order valence-electron chi connectivity index (χ0n) is 11.1. The molecule has 0 fully saturated rings. The number of amides is 3. The number of imide groups is 1. The highest BCUT2D eigenvalue weighted by Crippen LogP contribution is 2.02. The van der Waals surface area contributed by atoms with Gasteiger partial charge in [0, 0.05) is 12.1 Å². The summed E-state index contributed by atoms with van der Waals surface area (Å²) in [6.07, 6.45) is 1.92. The maximum absolute atomic E-state index is 13.2. The van der Waals surface area contributed by atoms with Crippen LogP contribution in [0.1, 0.15) is 18.9 Å². The fraction of sp³-hybridized carbons (Fsp3) is 0.308. The van der Waals surface area contributed by atoms with Crippen molar-refractivity contribution in [3.63, 3.8) is 0 Å². The summed E-state index contributed by atoms with van der Waals surface area (Å²) in [6, 6.07) is 5.41. The third-order valence-electron chi connectivity index (χ3n) is 2.16. The Morgan fingerprint density at radius 1 is 1.40 bits per heavy atom. The van der Waals surface area contributed by atoms with Crippen LogP contribution in [0.4, 0.5) is 9.18 Å². The number of rotatable bonds is 6. The van der Waals surface area contributed by atoms with Crippen LogP contribution >= 0.6 is 0 Å². The third-order valence-corrected chi connectivity index (χ3v) is 2.16. The van der Waals surface area contributed by atoms with Crippen LogP contribution in [0.3, 0.4) is 0 Å². The first-order chi connectivity index (χ1) is 9.63. The molecule has 0 aliphatic heterocycles. The van der Waals surface area contributed by atoms with Crippen molar-refractivity contribution < 1.29 is 18.8 Å². The number of oxime groups is 1. The average Bonchev–Trinajstić information content (AvgIpc) is 2.43. The standard InChI is InChI=1S/C13H16FN3O3/c1-2-7-15-13(19)17-12(18)9-20-16-8-10-5-3-4-6-11(10)14/h3-6,8H,2,7,9H2,1H3,(H2,15,17,18,19)/b16-8-. The lowest BCUT2D eigenvalue weighted by molar-refractivity contribution is -0.124. The van der Waals surface area contributed by atoms with E-state index in [0.29, 0.717) is 6.54 Å². The minimum Gasteiger partial charge on any atom is -0.386 e. The molecule has 0 saturated carbocycles. The monoisotopic (exact) mass is 281 g/mol. The lowest BCUT2D eigenvalue weighted by atomic mass is 10.2. The van der Waals surface area contributed by atoms with Gasteiger partial charge in [-0.3, -0.25) is 10.1 Å². The Bertz CT molecular complexity index is 492. The van der Waals surface area contributed by atoms with Crippen LogP contribution in [-0.2, 0) is 9.63 Å². The van der Waals surface area contributed by atoms with Gasteiger partial charge < -0.3 is 10.2 Å². The van der Waals surface area contributed by atoms with Crippen LogP contribution in [0, 0.1) is 5.82 Å². The number of benzene rings is 1. The summed E-state index contributed by atoms with van der Waals surface area (Å²) < 4.78 is 13.2. The Balaban J connectivity index is 2.28. The normalized spacial score (nSPS) is 10.3. The number of carbonyl (C=O) groups is 2. The highest BCUT2D eigenvalue weighted by atomic mass is 19.1. The molecule has 1 rings (SSSR count). The third kappa shape index (κ3) is 5.94. The second-order valence-electron chi connectivity index (χ2n) is 3.83. The van der Waals surface area contributed by atoms with Crippen molar-refractivity contribution in [1.29, 1.82) is 0 Å². The van der Waals surface area contributed by atoms with E-state index in [1.54, 1.807) is 12.1 Å². The number of halogens is 1. The van der Waals surface area contributed by atoms with E-state index >= 15 is 0 Å². The number of hydrogen-bond acceptors (Lipinski definition) is 4. The number of nitrogens with one attached hydrogen (secondary N) is 2. The molecular weight excluding hydrogens is 265 g/mol. The SMILES string of the molecule is CCCNC(=O)NC(=O)CO/N=C\c1ccccc1F. The highest BCUT2D eigenvalue weighted by Gasteiger charge is 2.06. The molecule has 0 spiro atoms. The largest absolute Gasteiger partial charge is 0.386 e. The summed E-state index contributed by atoms with van der Waals surface area (Å²) in [5.74, 6) is -1.08. The van der Waals surface area contributed by atoms with Gasteiger partial charge in [0.15, 0.2) is 6.61 Å². The van der Waals surface area contributed by atoms with Gasteiger partial charge in [-0.1, -0.05) is 30.3 Å². The van der Waals surface area contributed by atoms with E-state index in [9.17, 15) is 14.0 Å². The first-order valence-corrected chi connectivity index (χ1v) is 6.11. The number of urea groups is 1. The molecule has 0 aliphatic carbocycles. The van der Waals surface area contributed by atoms with E-state index in [1.807, 2.05) is 6.92 Å². The average molecular weight is 281 g/mol. The van der Waals surface area contributed by atoms with Crippen molar-refractivity contribution in [2.45, 2.75) is 13.3 Å². The van der Waals surface area contributed by atoms with Gasteiger partial charge in [-0.05, 0) is 12.5 Å². The van der Waals surface area contributed by atoms with Crippen molar-refractivity contribution in [3.05, 3.63) is 35.6 Å². The van der Waals surface area contributed by atoms with Crippen LogP contribution in [0.15, 0.2) is 29.4 Å². The molecule has 0 heterocycles. The maximum atomic E-state index is 13.2. The molecule has 0 atom stereocenters. The van der Waals surface area contributed by atoms with Crippen molar-refractivity contribution in [2.75, 3.05) is 13.2 Å². The minimum absolute atomic E-state index is 0.244. The number of hydrogen-bond donors (Lipinski definition) is 2. The predicted molar refractivity (Wildman–Crippen MR) is 71.8 cm³/mol. The van der Waals surface area contributed by atoms with E-state index in [-0.39, 0.29) is 5.56 Å².